The molecule has 0 unspecified atom stereocenters. The number of imidazole rings is 1. The zero-order chi connectivity index (χ0) is 7.84. The molecular weight excluding hydrogens is 142 g/mol. The van der Waals surface area contributed by atoms with Crippen molar-refractivity contribution >= 4 is 11.2 Å². The van der Waals surface area contributed by atoms with Gasteiger partial charge in [0.2, 0.25) is 0 Å². The molecule has 2 rings (SSSR count). The zero-order valence-corrected chi connectivity index (χ0v) is 6.03. The molecule has 1 N–H and O–H groups in total. The van der Waals surface area contributed by atoms with Crippen LogP contribution >= 0.6 is 0 Å². The van der Waals surface area contributed by atoms with Crippen LogP contribution in [-0.4, -0.2) is 14.5 Å². The minimum absolute atomic E-state index is 0. The number of aromatic nitrogens is 3. The molecule has 0 saturated heterocycles. The molecule has 0 atom stereocenters. The van der Waals surface area contributed by atoms with Gasteiger partial charge in [-0.05, 0) is 12.1 Å². The lowest BCUT2D eigenvalue weighted by molar-refractivity contribution is 0.891. The summed E-state index contributed by atoms with van der Waals surface area (Å²) in [4.78, 5) is 17.6. The molecule has 0 spiro atoms. The summed E-state index contributed by atoms with van der Waals surface area (Å²) in [6.07, 6.45) is 1.65. The Morgan fingerprint density at radius 3 is 3.27 bits per heavy atom. The Labute approximate surface area is 64.0 Å². The van der Waals surface area contributed by atoms with Crippen LogP contribution in [-0.2, 0) is 7.05 Å². The smallest absolute Gasteiger partial charge is 0.294 e. The van der Waals surface area contributed by atoms with E-state index in [9.17, 15) is 4.79 Å². The number of pyridine rings is 1. The highest BCUT2D eigenvalue weighted by atomic mass is 16.1. The number of nitrogens with one attached hydrogen (secondary N) is 1. The lowest BCUT2D eigenvalue weighted by Gasteiger charge is -1.88. The van der Waals surface area contributed by atoms with E-state index in [-0.39, 0.29) is 7.12 Å². The van der Waals surface area contributed by atoms with Gasteiger partial charge < -0.3 is 0 Å². The molecule has 11 heavy (non-hydrogen) atoms. The van der Waals surface area contributed by atoms with E-state index in [0.717, 1.165) is 5.52 Å². The maximum absolute atomic E-state index is 11.0. The number of fused-ring (bicyclic) bond motifs is 1. The lowest BCUT2D eigenvalue weighted by atomic mass is 10.4. The van der Waals surface area contributed by atoms with Gasteiger partial charge in [-0.3, -0.25) is 9.55 Å². The maximum atomic E-state index is 11.0. The van der Waals surface area contributed by atoms with E-state index < -0.39 is 0 Å². The molecule has 4 heteroatoms. The number of aromatic amines is 1. The largest absolute Gasteiger partial charge is 0.327 e. The van der Waals surface area contributed by atoms with Crippen molar-refractivity contribution in [2.45, 2.75) is 0 Å². The van der Waals surface area contributed by atoms with Crippen molar-refractivity contribution in [2.24, 2.45) is 7.05 Å². The third kappa shape index (κ3) is 0.756. The fraction of sp³-hybridized carbons (Fsp3) is 0.143. The Morgan fingerprint density at radius 2 is 2.55 bits per heavy atom. The van der Waals surface area contributed by atoms with Gasteiger partial charge in [0.15, 0.2) is 5.65 Å². The van der Waals surface area contributed by atoms with E-state index in [1.165, 1.54) is 4.57 Å². The number of nitrogens with zero attached hydrogens (tertiary/aromatic N) is 2. The van der Waals surface area contributed by atoms with Gasteiger partial charge in [-0.25, -0.2) is 9.78 Å². The predicted octanol–water partition coefficient (Wildman–Crippen LogP) is 0.508. The van der Waals surface area contributed by atoms with Crippen LogP contribution in [0.25, 0.3) is 11.2 Å². The third-order valence-electron chi connectivity index (χ3n) is 1.68. The highest BCUT2D eigenvalue weighted by Crippen LogP contribution is 2.02. The summed E-state index contributed by atoms with van der Waals surface area (Å²) in [5.74, 6) is 0. The van der Waals surface area contributed by atoms with E-state index in [0.29, 0.717) is 5.65 Å². The van der Waals surface area contributed by atoms with Crippen LogP contribution in [0.3, 0.4) is 0 Å². The first kappa shape index (κ1) is 6.15. The normalized spacial score (nSPS) is 10.6. The van der Waals surface area contributed by atoms with Crippen LogP contribution < -0.4 is 5.69 Å². The molecule has 58 valence electrons. The topological polar surface area (TPSA) is 50.7 Å². The Kier molecular flexibility index (Phi) is 1.09. The Hall–Kier alpha value is -1.58. The summed E-state index contributed by atoms with van der Waals surface area (Å²) in [7, 11) is 1.71. The van der Waals surface area contributed by atoms with Gasteiger partial charge in [0.25, 0.3) is 0 Å². The maximum Gasteiger partial charge on any atom is 0.327 e. The van der Waals surface area contributed by atoms with Crippen molar-refractivity contribution in [3.05, 3.63) is 28.8 Å². The Balaban J connectivity index is 0.000000720. The van der Waals surface area contributed by atoms with E-state index in [1.807, 2.05) is 6.07 Å². The third-order valence-corrected chi connectivity index (χ3v) is 1.68. The lowest BCUT2D eigenvalue weighted by Crippen LogP contribution is -2.11. The summed E-state index contributed by atoms with van der Waals surface area (Å²) in [5.41, 5.74) is 1.34. The van der Waals surface area contributed by atoms with Crippen LogP contribution in [0.5, 0.6) is 0 Å². The average molecular weight is 151 g/mol. The predicted molar refractivity (Wildman–Crippen MR) is 43.4 cm³/mol. The highest BCUT2D eigenvalue weighted by Gasteiger charge is 2.00. The van der Waals surface area contributed by atoms with Crippen LogP contribution in [0.2, 0.25) is 0 Å². The second-order valence-corrected chi connectivity index (χ2v) is 2.36. The van der Waals surface area contributed by atoms with Gasteiger partial charge in [0.1, 0.15) is 0 Å². The second-order valence-electron chi connectivity index (χ2n) is 2.36. The van der Waals surface area contributed by atoms with Crippen LogP contribution in [0.15, 0.2) is 23.1 Å². The quantitative estimate of drug-likeness (QED) is 0.596. The van der Waals surface area contributed by atoms with E-state index in [1.54, 1.807) is 19.3 Å². The Morgan fingerprint density at radius 1 is 1.73 bits per heavy atom. The molecule has 0 bridgehead atoms. The molecular formula is C7H9N3O. The molecule has 0 aromatic carbocycles. The minimum atomic E-state index is -0.126. The molecule has 2 heterocycles. The molecule has 0 aliphatic carbocycles. The van der Waals surface area contributed by atoms with Crippen LogP contribution in [0.1, 0.15) is 1.43 Å². The highest BCUT2D eigenvalue weighted by molar-refractivity contribution is 5.69. The monoisotopic (exact) mass is 151 g/mol. The molecule has 2 aromatic heterocycles. The molecule has 2 aromatic rings. The molecule has 0 aliphatic heterocycles. The van der Waals surface area contributed by atoms with Crippen LogP contribution in [0.4, 0.5) is 0 Å². The van der Waals surface area contributed by atoms with Gasteiger partial charge in [-0.2, -0.15) is 0 Å². The van der Waals surface area contributed by atoms with Crippen molar-refractivity contribution in [3.63, 3.8) is 0 Å². The van der Waals surface area contributed by atoms with Gasteiger partial charge in [0, 0.05) is 14.7 Å². The van der Waals surface area contributed by atoms with Gasteiger partial charge in [0.05, 0.1) is 5.52 Å². The SMILES string of the molecule is Cn1c(=O)[nH]c2ncccc21.[HH]. The number of rotatable bonds is 0. The summed E-state index contributed by atoms with van der Waals surface area (Å²) in [6.45, 7) is 0. The number of aryl methyl sites for hydroxylation is 1. The van der Waals surface area contributed by atoms with Crippen molar-refractivity contribution in [2.75, 3.05) is 0 Å². The first-order valence-corrected chi connectivity index (χ1v) is 3.29. The average Bonchev–Trinajstić information content (AvgIpc) is 2.30. The second kappa shape index (κ2) is 1.95. The standard InChI is InChI=1S/C7H7N3O.H2/c1-10-5-3-2-4-8-6(5)9-7(10)11;/h2-4H,1H3,(H,8,9,11);1H. The van der Waals surface area contributed by atoms with Crippen LogP contribution in [0, 0.1) is 0 Å². The number of H-pyrrole nitrogens is 1. The van der Waals surface area contributed by atoms with Gasteiger partial charge >= 0.3 is 5.69 Å². The Bertz CT molecular complexity index is 445. The number of hydrogen-bond donors (Lipinski definition) is 1. The van der Waals surface area contributed by atoms with Crippen molar-refractivity contribution in [1.82, 2.24) is 14.5 Å². The van der Waals surface area contributed by atoms with E-state index in [2.05, 4.69) is 9.97 Å². The molecule has 0 saturated carbocycles. The van der Waals surface area contributed by atoms with Gasteiger partial charge in [-0.15, -0.1) is 0 Å². The van der Waals surface area contributed by atoms with E-state index >= 15 is 0 Å². The molecule has 0 fully saturated rings. The minimum Gasteiger partial charge on any atom is -0.294 e. The number of hydrogen-bond acceptors (Lipinski definition) is 2. The van der Waals surface area contributed by atoms with Crippen molar-refractivity contribution < 1.29 is 1.43 Å². The zero-order valence-electron chi connectivity index (χ0n) is 6.03. The molecule has 4 nitrogen and oxygen atoms in total. The van der Waals surface area contributed by atoms with Crippen molar-refractivity contribution in [3.8, 4) is 0 Å². The summed E-state index contributed by atoms with van der Waals surface area (Å²) in [6, 6.07) is 3.65. The van der Waals surface area contributed by atoms with E-state index in [4.69, 9.17) is 0 Å². The first-order chi connectivity index (χ1) is 5.29. The summed E-state index contributed by atoms with van der Waals surface area (Å²) in [5, 5.41) is 0. The fourth-order valence-corrected chi connectivity index (χ4v) is 1.06. The summed E-state index contributed by atoms with van der Waals surface area (Å²) < 4.78 is 1.53. The summed E-state index contributed by atoms with van der Waals surface area (Å²) >= 11 is 0. The fourth-order valence-electron chi connectivity index (χ4n) is 1.06. The molecule has 0 radical (unpaired) electrons. The van der Waals surface area contributed by atoms with Crippen molar-refractivity contribution in [1.29, 1.82) is 0 Å². The van der Waals surface area contributed by atoms with Gasteiger partial charge in [-0.1, -0.05) is 0 Å². The molecule has 0 aliphatic rings. The first-order valence-electron chi connectivity index (χ1n) is 3.29. The molecule has 0 amide bonds.